The first-order valence-corrected chi connectivity index (χ1v) is 7.97. The zero-order valence-corrected chi connectivity index (χ0v) is 13.5. The molecule has 4 nitrogen and oxygen atoms in total. The molecule has 23 heavy (non-hydrogen) atoms. The van der Waals surface area contributed by atoms with Crippen LogP contribution in [-0.4, -0.2) is 17.6 Å². The molecule has 0 atom stereocenters. The number of ether oxygens (including phenoxy) is 1. The Hall–Kier alpha value is -2.66. The van der Waals surface area contributed by atoms with Crippen LogP contribution in [0.2, 0.25) is 0 Å². The molecule has 0 N–H and O–H groups in total. The molecule has 1 heterocycles. The average molecular weight is 324 g/mol. The van der Waals surface area contributed by atoms with Crippen LogP contribution in [-0.2, 0) is 6.54 Å². The lowest BCUT2D eigenvalue weighted by Crippen LogP contribution is -2.16. The Morgan fingerprint density at radius 2 is 2.04 bits per heavy atom. The Balaban J connectivity index is 2.21. The molecule has 0 radical (unpaired) electrons. The van der Waals surface area contributed by atoms with Crippen LogP contribution >= 0.6 is 11.3 Å². The molecule has 0 fully saturated rings. The second-order valence-corrected chi connectivity index (χ2v) is 5.88. The van der Waals surface area contributed by atoms with E-state index in [1.165, 1.54) is 11.3 Å². The third-order valence-electron chi connectivity index (χ3n) is 3.41. The quantitative estimate of drug-likeness (QED) is 0.688. The fraction of sp³-hybridized carbons (Fsp3) is 0.111. The molecule has 5 heteroatoms. The number of aromatic nitrogens is 1. The van der Waals surface area contributed by atoms with Crippen LogP contribution in [0.3, 0.4) is 0 Å². The molecule has 3 rings (SSSR count). The molecule has 2 aromatic carbocycles. The summed E-state index contributed by atoms with van der Waals surface area (Å²) in [6.07, 6.45) is 1.78. The average Bonchev–Trinajstić information content (AvgIpc) is 2.93. The van der Waals surface area contributed by atoms with E-state index in [9.17, 15) is 4.79 Å². The van der Waals surface area contributed by atoms with Crippen molar-refractivity contribution in [2.45, 2.75) is 6.54 Å². The van der Waals surface area contributed by atoms with E-state index in [1.54, 1.807) is 25.3 Å². The van der Waals surface area contributed by atoms with Crippen molar-refractivity contribution in [2.75, 3.05) is 7.11 Å². The second kappa shape index (κ2) is 6.62. The summed E-state index contributed by atoms with van der Waals surface area (Å²) in [6, 6.07) is 14.9. The van der Waals surface area contributed by atoms with Crippen molar-refractivity contribution in [3.63, 3.8) is 0 Å². The number of carbonyl (C=O) groups is 1. The zero-order valence-electron chi connectivity index (χ0n) is 12.7. The van der Waals surface area contributed by atoms with Gasteiger partial charge in [-0.2, -0.15) is 4.99 Å². The molecular weight excluding hydrogens is 308 g/mol. The van der Waals surface area contributed by atoms with Gasteiger partial charge in [0.1, 0.15) is 11.3 Å². The van der Waals surface area contributed by atoms with Gasteiger partial charge in [-0.15, -0.1) is 6.58 Å². The van der Waals surface area contributed by atoms with Gasteiger partial charge in [0.15, 0.2) is 4.80 Å². The number of hydrogen-bond acceptors (Lipinski definition) is 3. The Morgan fingerprint density at radius 1 is 1.26 bits per heavy atom. The van der Waals surface area contributed by atoms with Gasteiger partial charge < -0.3 is 9.30 Å². The van der Waals surface area contributed by atoms with E-state index in [0.29, 0.717) is 16.9 Å². The monoisotopic (exact) mass is 324 g/mol. The molecule has 1 amide bonds. The molecule has 3 aromatic rings. The summed E-state index contributed by atoms with van der Waals surface area (Å²) >= 11 is 1.46. The van der Waals surface area contributed by atoms with Crippen LogP contribution in [0.15, 0.2) is 66.2 Å². The Bertz CT molecular complexity index is 923. The van der Waals surface area contributed by atoms with E-state index >= 15 is 0 Å². The lowest BCUT2D eigenvalue weighted by Gasteiger charge is -2.06. The summed E-state index contributed by atoms with van der Waals surface area (Å²) in [7, 11) is 1.64. The van der Waals surface area contributed by atoms with E-state index < -0.39 is 0 Å². The van der Waals surface area contributed by atoms with Gasteiger partial charge in [0, 0.05) is 12.1 Å². The lowest BCUT2D eigenvalue weighted by atomic mass is 10.2. The van der Waals surface area contributed by atoms with Gasteiger partial charge in [-0.05, 0) is 24.3 Å². The van der Waals surface area contributed by atoms with Gasteiger partial charge in [-0.25, -0.2) is 0 Å². The minimum Gasteiger partial charge on any atom is -0.495 e. The van der Waals surface area contributed by atoms with Crippen molar-refractivity contribution in [3.8, 4) is 5.75 Å². The van der Waals surface area contributed by atoms with Gasteiger partial charge in [-0.1, -0.05) is 41.7 Å². The molecule has 0 unspecified atom stereocenters. The highest BCUT2D eigenvalue weighted by Gasteiger charge is 2.11. The van der Waals surface area contributed by atoms with Gasteiger partial charge >= 0.3 is 0 Å². The van der Waals surface area contributed by atoms with E-state index in [4.69, 9.17) is 4.74 Å². The number of amides is 1. The number of para-hydroxylation sites is 1. The normalized spacial score (nSPS) is 11.6. The number of rotatable bonds is 4. The fourth-order valence-electron chi connectivity index (χ4n) is 2.38. The van der Waals surface area contributed by atoms with Crippen LogP contribution in [0.5, 0.6) is 5.75 Å². The van der Waals surface area contributed by atoms with Crippen LogP contribution < -0.4 is 9.54 Å². The van der Waals surface area contributed by atoms with Gasteiger partial charge in [0.05, 0.1) is 11.8 Å². The molecule has 1 aromatic heterocycles. The summed E-state index contributed by atoms with van der Waals surface area (Å²) in [5, 5.41) is 0. The summed E-state index contributed by atoms with van der Waals surface area (Å²) < 4.78 is 8.41. The topological polar surface area (TPSA) is 43.6 Å². The lowest BCUT2D eigenvalue weighted by molar-refractivity contribution is 0.0998. The fourth-order valence-corrected chi connectivity index (χ4v) is 3.43. The maximum Gasteiger partial charge on any atom is 0.279 e. The summed E-state index contributed by atoms with van der Waals surface area (Å²) in [6.45, 7) is 4.35. The highest BCUT2D eigenvalue weighted by atomic mass is 32.1. The van der Waals surface area contributed by atoms with Gasteiger partial charge in [0.25, 0.3) is 5.91 Å². The van der Waals surface area contributed by atoms with Crippen molar-refractivity contribution < 1.29 is 9.53 Å². The number of nitrogens with zero attached hydrogens (tertiary/aromatic N) is 2. The number of thiazole rings is 1. The van der Waals surface area contributed by atoms with Gasteiger partial charge in [0.2, 0.25) is 0 Å². The molecule has 0 saturated carbocycles. The van der Waals surface area contributed by atoms with Crippen molar-refractivity contribution in [3.05, 3.63) is 71.6 Å². The molecule has 116 valence electrons. The van der Waals surface area contributed by atoms with Crippen molar-refractivity contribution >= 4 is 27.5 Å². The summed E-state index contributed by atoms with van der Waals surface area (Å²) in [5.41, 5.74) is 1.50. The Kier molecular flexibility index (Phi) is 4.39. The largest absolute Gasteiger partial charge is 0.495 e. The van der Waals surface area contributed by atoms with E-state index in [-0.39, 0.29) is 5.91 Å². The van der Waals surface area contributed by atoms with Crippen molar-refractivity contribution in [1.82, 2.24) is 4.57 Å². The number of hydrogen-bond donors (Lipinski definition) is 0. The molecule has 0 aliphatic heterocycles. The van der Waals surface area contributed by atoms with E-state index in [2.05, 4.69) is 11.6 Å². The SMILES string of the molecule is C=CCn1c(=NC(=O)c2ccccc2)sc2cccc(OC)c21. The number of carbonyl (C=O) groups excluding carboxylic acids is 1. The van der Waals surface area contributed by atoms with Crippen LogP contribution in [0, 0.1) is 0 Å². The summed E-state index contributed by atoms with van der Waals surface area (Å²) in [5.74, 6) is 0.503. The van der Waals surface area contributed by atoms with Crippen molar-refractivity contribution in [2.24, 2.45) is 4.99 Å². The molecule has 0 bridgehead atoms. The number of methoxy groups -OCH3 is 1. The minimum absolute atomic E-state index is 0.256. The molecule has 0 aliphatic rings. The minimum atomic E-state index is -0.256. The zero-order chi connectivity index (χ0) is 16.2. The third kappa shape index (κ3) is 2.96. The molecular formula is C18H16N2O2S. The van der Waals surface area contributed by atoms with Crippen LogP contribution in [0.25, 0.3) is 10.2 Å². The number of allylic oxidation sites excluding steroid dienone is 1. The molecule has 0 spiro atoms. The first-order valence-electron chi connectivity index (χ1n) is 7.16. The van der Waals surface area contributed by atoms with Crippen molar-refractivity contribution in [1.29, 1.82) is 0 Å². The smallest absolute Gasteiger partial charge is 0.279 e. The Morgan fingerprint density at radius 3 is 2.74 bits per heavy atom. The molecule has 0 aliphatic carbocycles. The number of benzene rings is 2. The first kappa shape index (κ1) is 15.2. The second-order valence-electron chi connectivity index (χ2n) is 4.87. The number of fused-ring (bicyclic) bond motifs is 1. The van der Waals surface area contributed by atoms with Crippen LogP contribution in [0.4, 0.5) is 0 Å². The van der Waals surface area contributed by atoms with E-state index in [0.717, 1.165) is 16.0 Å². The third-order valence-corrected chi connectivity index (χ3v) is 4.46. The predicted octanol–water partition coefficient (Wildman–Crippen LogP) is 3.64. The van der Waals surface area contributed by atoms with Gasteiger partial charge in [-0.3, -0.25) is 4.79 Å². The maximum absolute atomic E-state index is 12.4. The standard InChI is InChI=1S/C18H16N2O2S/c1-3-12-20-16-14(22-2)10-7-11-15(16)23-18(20)19-17(21)13-8-5-4-6-9-13/h3-11H,1,12H2,2H3. The first-order chi connectivity index (χ1) is 11.2. The van der Waals surface area contributed by atoms with E-state index in [1.807, 2.05) is 41.0 Å². The molecule has 0 saturated heterocycles. The summed E-state index contributed by atoms with van der Waals surface area (Å²) in [4.78, 5) is 17.3. The van der Waals surface area contributed by atoms with Crippen LogP contribution in [0.1, 0.15) is 10.4 Å². The maximum atomic E-state index is 12.4. The Labute approximate surface area is 138 Å². The predicted molar refractivity (Wildman–Crippen MR) is 92.9 cm³/mol. The highest BCUT2D eigenvalue weighted by Crippen LogP contribution is 2.27. The highest BCUT2D eigenvalue weighted by molar-refractivity contribution is 7.16.